The number of likely N-dealkylation sites (tertiary alicyclic amines) is 1. The third kappa shape index (κ3) is 12.4. The molecule has 3 fully saturated rings. The Hall–Kier alpha value is -3.18. The number of carbonyl (C=O) groups excluding carboxylic acids is 6. The molecule has 3 aliphatic rings. The van der Waals surface area contributed by atoms with Crippen LogP contribution >= 0.6 is 0 Å². The number of ketones is 1. The van der Waals surface area contributed by atoms with Gasteiger partial charge in [-0.2, -0.15) is 0 Å². The highest BCUT2D eigenvalue weighted by Crippen LogP contribution is 2.34. The van der Waals surface area contributed by atoms with Gasteiger partial charge in [0.05, 0.1) is 6.04 Å². The molecule has 5 atom stereocenters. The predicted molar refractivity (Wildman–Crippen MR) is 180 cm³/mol. The summed E-state index contributed by atoms with van der Waals surface area (Å²) in [5.74, 6) is -2.81. The monoisotopic (exact) mass is 663 g/mol. The Morgan fingerprint density at radius 3 is 1.81 bits per heavy atom. The highest BCUT2D eigenvalue weighted by Gasteiger charge is 2.47. The standard InChI is InChI=1S/C31H53N5O7.C4H8/c1-17(2)20-15-16-36(22(20)26(39)33-18(3)23(37)25(32)38)27(40)21(19-13-11-10-12-14-19)34-29(42)35-24(30(4,5)6)28(41)43-31(7,8)9;1-4-2-3-4/h17-22,24H,10-16H2,1-9H3,(H2,32,38)(H,33,39)(H2,34,35,42);4H,2-3H2,1H3. The van der Waals surface area contributed by atoms with Crippen LogP contribution in [0.3, 0.4) is 0 Å². The molecule has 0 aromatic carbocycles. The zero-order valence-corrected chi connectivity index (χ0v) is 30.4. The van der Waals surface area contributed by atoms with E-state index in [1.165, 1.54) is 24.7 Å². The van der Waals surface area contributed by atoms with E-state index in [0.29, 0.717) is 13.0 Å². The van der Waals surface area contributed by atoms with Gasteiger partial charge in [-0.1, -0.05) is 73.6 Å². The molecule has 1 aliphatic heterocycles. The second-order valence-corrected chi connectivity index (χ2v) is 16.1. The summed E-state index contributed by atoms with van der Waals surface area (Å²) in [6.45, 7) is 18.6. The molecule has 0 radical (unpaired) electrons. The molecule has 2 saturated carbocycles. The Bertz CT molecular complexity index is 1130. The highest BCUT2D eigenvalue weighted by atomic mass is 16.6. The molecule has 12 nitrogen and oxygen atoms in total. The van der Waals surface area contributed by atoms with Crippen molar-refractivity contribution in [2.45, 2.75) is 150 Å². The summed E-state index contributed by atoms with van der Waals surface area (Å²) in [5.41, 5.74) is 3.69. The summed E-state index contributed by atoms with van der Waals surface area (Å²) < 4.78 is 5.56. The molecule has 2 aliphatic carbocycles. The van der Waals surface area contributed by atoms with Gasteiger partial charge in [-0.15, -0.1) is 0 Å². The zero-order chi connectivity index (χ0) is 35.9. The van der Waals surface area contributed by atoms with Crippen LogP contribution in [0.5, 0.6) is 0 Å². The number of primary amides is 1. The van der Waals surface area contributed by atoms with Crippen molar-refractivity contribution < 1.29 is 33.5 Å². The number of nitrogens with two attached hydrogens (primary N) is 1. The highest BCUT2D eigenvalue weighted by molar-refractivity contribution is 6.37. The van der Waals surface area contributed by atoms with Crippen molar-refractivity contribution >= 4 is 35.5 Å². The smallest absolute Gasteiger partial charge is 0.329 e. The van der Waals surface area contributed by atoms with Crippen LogP contribution in [0, 0.1) is 29.1 Å². The van der Waals surface area contributed by atoms with Gasteiger partial charge in [0.1, 0.15) is 23.7 Å². The lowest BCUT2D eigenvalue weighted by Crippen LogP contribution is -2.61. The van der Waals surface area contributed by atoms with Gasteiger partial charge in [0, 0.05) is 6.54 Å². The molecule has 0 bridgehead atoms. The number of amides is 5. The zero-order valence-electron chi connectivity index (χ0n) is 30.4. The van der Waals surface area contributed by atoms with Gasteiger partial charge in [-0.05, 0) is 76.0 Å². The Morgan fingerprint density at radius 2 is 1.36 bits per heavy atom. The number of rotatable bonds is 10. The molecule has 0 spiro atoms. The molecule has 5 amide bonds. The molecule has 47 heavy (non-hydrogen) atoms. The van der Waals surface area contributed by atoms with Crippen LogP contribution in [0.1, 0.15) is 121 Å². The first kappa shape index (κ1) is 40.0. The quantitative estimate of drug-likeness (QED) is 0.203. The largest absolute Gasteiger partial charge is 0.458 e. The van der Waals surface area contributed by atoms with E-state index in [9.17, 15) is 28.8 Å². The number of Topliss-reactive ketones (excluding diaryl/α,β-unsaturated/α-hetero) is 1. The van der Waals surface area contributed by atoms with Crippen molar-refractivity contribution in [2.24, 2.45) is 34.8 Å². The second kappa shape index (κ2) is 16.8. The van der Waals surface area contributed by atoms with Crippen molar-refractivity contribution in [2.75, 3.05) is 6.54 Å². The van der Waals surface area contributed by atoms with Gasteiger partial charge < -0.3 is 31.3 Å². The number of urea groups is 1. The lowest BCUT2D eigenvalue weighted by atomic mass is 9.82. The maximum absolute atomic E-state index is 14.3. The van der Waals surface area contributed by atoms with E-state index in [-0.39, 0.29) is 23.7 Å². The second-order valence-electron chi connectivity index (χ2n) is 16.1. The number of ether oxygens (including phenoxy) is 1. The number of hydrogen-bond donors (Lipinski definition) is 4. The minimum absolute atomic E-state index is 0.0430. The summed E-state index contributed by atoms with van der Waals surface area (Å²) in [6.07, 6.45) is 7.84. The van der Waals surface area contributed by atoms with Crippen molar-refractivity contribution in [1.82, 2.24) is 20.9 Å². The first-order chi connectivity index (χ1) is 21.6. The van der Waals surface area contributed by atoms with E-state index in [2.05, 4.69) is 22.9 Å². The molecule has 0 aromatic heterocycles. The minimum Gasteiger partial charge on any atom is -0.458 e. The Balaban J connectivity index is 0.00000177. The number of nitrogens with zero attached hydrogens (tertiary/aromatic N) is 1. The molecule has 5 unspecified atom stereocenters. The number of esters is 1. The van der Waals surface area contributed by atoms with Crippen LogP contribution in [-0.4, -0.2) is 76.7 Å². The van der Waals surface area contributed by atoms with Crippen LogP contribution in [0.15, 0.2) is 0 Å². The summed E-state index contributed by atoms with van der Waals surface area (Å²) in [7, 11) is 0. The minimum atomic E-state index is -1.15. The van der Waals surface area contributed by atoms with Crippen LogP contribution in [-0.2, 0) is 28.7 Å². The van der Waals surface area contributed by atoms with E-state index >= 15 is 0 Å². The van der Waals surface area contributed by atoms with E-state index in [0.717, 1.165) is 38.0 Å². The fraction of sp³-hybridized carbons (Fsp3) is 0.829. The molecule has 268 valence electrons. The fourth-order valence-electron chi connectivity index (χ4n) is 6.17. The van der Waals surface area contributed by atoms with Crippen molar-refractivity contribution in [3.05, 3.63) is 0 Å². The Morgan fingerprint density at radius 1 is 0.809 bits per heavy atom. The van der Waals surface area contributed by atoms with Crippen molar-refractivity contribution in [3.63, 3.8) is 0 Å². The maximum Gasteiger partial charge on any atom is 0.329 e. The van der Waals surface area contributed by atoms with E-state index in [4.69, 9.17) is 10.5 Å². The van der Waals surface area contributed by atoms with Crippen molar-refractivity contribution in [3.8, 4) is 0 Å². The average Bonchev–Trinajstić information content (AvgIpc) is 3.60. The maximum atomic E-state index is 14.3. The lowest BCUT2D eigenvalue weighted by molar-refractivity contribution is -0.160. The summed E-state index contributed by atoms with van der Waals surface area (Å²) in [6, 6.07) is -4.61. The normalized spacial score (nSPS) is 22.2. The first-order valence-electron chi connectivity index (χ1n) is 17.4. The molecule has 12 heteroatoms. The third-order valence-electron chi connectivity index (χ3n) is 9.17. The Kier molecular flexibility index (Phi) is 14.3. The van der Waals surface area contributed by atoms with Crippen molar-refractivity contribution in [1.29, 1.82) is 0 Å². The molecule has 3 rings (SSSR count). The first-order valence-corrected chi connectivity index (χ1v) is 17.4. The van der Waals surface area contributed by atoms with Crippen LogP contribution < -0.4 is 21.7 Å². The number of carbonyl (C=O) groups is 6. The lowest BCUT2D eigenvalue weighted by Gasteiger charge is -2.37. The number of nitrogens with one attached hydrogen (secondary N) is 3. The van der Waals surface area contributed by atoms with Gasteiger partial charge in [0.15, 0.2) is 0 Å². The summed E-state index contributed by atoms with van der Waals surface area (Å²) >= 11 is 0. The van der Waals surface area contributed by atoms with Crippen LogP contribution in [0.4, 0.5) is 4.79 Å². The van der Waals surface area contributed by atoms with Crippen LogP contribution in [0.25, 0.3) is 0 Å². The van der Waals surface area contributed by atoms with Gasteiger partial charge >= 0.3 is 12.0 Å². The van der Waals surface area contributed by atoms with E-state index in [1.807, 2.05) is 34.6 Å². The number of hydrogen-bond acceptors (Lipinski definition) is 7. The molecule has 1 saturated heterocycles. The topological polar surface area (TPSA) is 177 Å². The summed E-state index contributed by atoms with van der Waals surface area (Å²) in [4.78, 5) is 79.2. The van der Waals surface area contributed by atoms with E-state index < -0.39 is 64.8 Å². The predicted octanol–water partition coefficient (Wildman–Crippen LogP) is 3.84. The van der Waals surface area contributed by atoms with Gasteiger partial charge in [0.25, 0.3) is 5.91 Å². The van der Waals surface area contributed by atoms with Gasteiger partial charge in [-0.3, -0.25) is 19.2 Å². The molecule has 0 aromatic rings. The molecule has 5 N–H and O–H groups in total. The van der Waals surface area contributed by atoms with Crippen LogP contribution in [0.2, 0.25) is 0 Å². The van der Waals surface area contributed by atoms with E-state index in [1.54, 1.807) is 20.8 Å². The molecular weight excluding hydrogens is 602 g/mol. The fourth-order valence-corrected chi connectivity index (χ4v) is 6.17. The SMILES string of the molecule is CC(NC(=O)C1C(C(C)C)CCN1C(=O)C(NC(=O)NC(C(=O)OC(C)(C)C)C(C)(C)C)C1CCCCC1)C(=O)C(N)=O.CC1CC1. The average molecular weight is 664 g/mol. The third-order valence-corrected chi connectivity index (χ3v) is 9.17. The molecule has 1 heterocycles. The summed E-state index contributed by atoms with van der Waals surface area (Å²) in [5, 5.41) is 8.19. The molecular formula is C35H61N5O7. The Labute approximate surface area is 281 Å². The van der Waals surface area contributed by atoms with Gasteiger partial charge in [0.2, 0.25) is 17.6 Å². The van der Waals surface area contributed by atoms with Gasteiger partial charge in [-0.25, -0.2) is 9.59 Å².